The molecule has 0 aliphatic heterocycles. The number of rotatable bonds is 3. The van der Waals surface area contributed by atoms with Gasteiger partial charge in [-0.3, -0.25) is 0 Å². The fraction of sp³-hybridized carbons (Fsp3) is 0.250. The van der Waals surface area contributed by atoms with Crippen LogP contribution in [-0.2, 0) is 21.7 Å². The molecule has 7 aromatic carbocycles. The predicted octanol–water partition coefficient (Wildman–Crippen LogP) is 16.6. The van der Waals surface area contributed by atoms with Gasteiger partial charge in [-0.05, 0) is 104 Å². The minimum atomic E-state index is -0.278. The molecule has 2 nitrogen and oxygen atoms in total. The maximum atomic E-state index is 6.96. The van der Waals surface area contributed by atoms with E-state index in [2.05, 4.69) is 202 Å². The van der Waals surface area contributed by atoms with E-state index in [-0.39, 0.29) is 21.7 Å². The molecule has 0 bridgehead atoms. The number of anilines is 3. The zero-order chi connectivity index (χ0) is 41.0. The highest BCUT2D eigenvalue weighted by molar-refractivity contribution is 7.25. The van der Waals surface area contributed by atoms with Crippen LogP contribution in [0.5, 0.6) is 0 Å². The molecule has 2 aromatic heterocycles. The van der Waals surface area contributed by atoms with Crippen molar-refractivity contribution in [1.29, 1.82) is 0 Å². The molecule has 0 N–H and O–H groups in total. The van der Waals surface area contributed by atoms with Gasteiger partial charge in [0, 0.05) is 64.3 Å². The monoisotopic (exact) mass is 785 g/mol. The van der Waals surface area contributed by atoms with Gasteiger partial charge in [0.25, 0.3) is 0 Å². The van der Waals surface area contributed by atoms with Crippen LogP contribution in [0.25, 0.3) is 64.4 Å². The molecule has 11 rings (SSSR count). The largest absolute Gasteiger partial charge is 0.456 e. The first-order valence-corrected chi connectivity index (χ1v) is 22.0. The van der Waals surface area contributed by atoms with E-state index < -0.39 is 0 Å². The van der Waals surface area contributed by atoms with Crippen LogP contribution in [-0.4, -0.2) is 0 Å². The lowest BCUT2D eigenvalue weighted by atomic mass is 9.77. The van der Waals surface area contributed by atoms with Crippen LogP contribution in [0.4, 0.5) is 17.1 Å². The summed E-state index contributed by atoms with van der Waals surface area (Å²) in [6.45, 7) is 23.5. The Morgan fingerprint density at radius 3 is 2.00 bits per heavy atom. The van der Waals surface area contributed by atoms with Crippen molar-refractivity contribution in [3.8, 4) is 22.3 Å². The highest BCUT2D eigenvalue weighted by Crippen LogP contribution is 2.59. The molecule has 0 amide bonds. The van der Waals surface area contributed by atoms with Crippen molar-refractivity contribution in [3.63, 3.8) is 0 Å². The van der Waals surface area contributed by atoms with Gasteiger partial charge in [-0.25, -0.2) is 0 Å². The van der Waals surface area contributed by atoms with E-state index in [9.17, 15) is 0 Å². The third kappa shape index (κ3) is 5.10. The van der Waals surface area contributed by atoms with Gasteiger partial charge >= 0.3 is 0 Å². The molecule has 59 heavy (non-hydrogen) atoms. The van der Waals surface area contributed by atoms with Crippen LogP contribution in [0.2, 0.25) is 0 Å². The Balaban J connectivity index is 1.19. The summed E-state index contributed by atoms with van der Waals surface area (Å²) in [5.74, 6) is 0. The van der Waals surface area contributed by atoms with E-state index in [0.29, 0.717) is 0 Å². The highest BCUT2D eigenvalue weighted by Gasteiger charge is 2.42. The van der Waals surface area contributed by atoms with E-state index in [1.54, 1.807) is 0 Å². The molecule has 0 atom stereocenters. The van der Waals surface area contributed by atoms with Gasteiger partial charge < -0.3 is 9.32 Å². The topological polar surface area (TPSA) is 16.4 Å². The molecule has 3 heteroatoms. The normalized spacial score (nSPS) is 15.2. The van der Waals surface area contributed by atoms with Crippen molar-refractivity contribution in [2.24, 2.45) is 0 Å². The maximum Gasteiger partial charge on any atom is 0.139 e. The third-order valence-electron chi connectivity index (χ3n) is 13.7. The molecule has 2 heterocycles. The first-order valence-electron chi connectivity index (χ1n) is 21.2. The number of hydrogen-bond acceptors (Lipinski definition) is 3. The quantitative estimate of drug-likeness (QED) is 0.177. The van der Waals surface area contributed by atoms with Crippen LogP contribution in [0.3, 0.4) is 0 Å². The van der Waals surface area contributed by atoms with Crippen LogP contribution >= 0.6 is 11.3 Å². The van der Waals surface area contributed by atoms with Gasteiger partial charge in [-0.2, -0.15) is 0 Å². The molecular weight excluding hydrogens is 735 g/mol. The molecule has 0 saturated heterocycles. The van der Waals surface area contributed by atoms with Crippen molar-refractivity contribution < 1.29 is 4.42 Å². The lowest BCUT2D eigenvalue weighted by Crippen LogP contribution is -2.18. The number of fused-ring (bicyclic) bond motifs is 13. The summed E-state index contributed by atoms with van der Waals surface area (Å²) in [5.41, 5.74) is 18.3. The minimum absolute atomic E-state index is 0.0107. The Labute approximate surface area is 352 Å². The standard InChI is InChI=1S/C56H51NOS/c1-53(2,3)32-28-40-50-46(58-52(40)44(29-32)54(4,5)6)27-26-39-49-42(56(9,10)51(39)50)19-15-20-45(49)57(34-23-25-38-37-17-12-14-21-47(37)59-48(38)31-34)33-22-24-36-35-16-11-13-18-41(35)55(7,8)43(36)30-33/h11-31H,1-10H3. The van der Waals surface area contributed by atoms with Crippen LogP contribution in [0.1, 0.15) is 103 Å². The summed E-state index contributed by atoms with van der Waals surface area (Å²) in [5, 5.41) is 5.10. The minimum Gasteiger partial charge on any atom is -0.456 e. The fourth-order valence-electron chi connectivity index (χ4n) is 10.6. The molecule has 0 unspecified atom stereocenters. The van der Waals surface area contributed by atoms with Crippen molar-refractivity contribution >= 4 is 70.5 Å². The fourth-order valence-corrected chi connectivity index (χ4v) is 11.7. The van der Waals surface area contributed by atoms with Crippen LogP contribution in [0, 0.1) is 0 Å². The van der Waals surface area contributed by atoms with E-state index in [1.165, 1.54) is 98.0 Å². The summed E-state index contributed by atoms with van der Waals surface area (Å²) in [4.78, 5) is 2.54. The van der Waals surface area contributed by atoms with Crippen molar-refractivity contribution in [2.45, 2.75) is 90.9 Å². The molecule has 0 radical (unpaired) electrons. The second-order valence-corrected chi connectivity index (χ2v) is 21.3. The van der Waals surface area contributed by atoms with E-state index in [0.717, 1.165) is 16.9 Å². The average molecular weight is 786 g/mol. The first kappa shape index (κ1) is 36.4. The number of thiophene rings is 1. The summed E-state index contributed by atoms with van der Waals surface area (Å²) >= 11 is 1.88. The smallest absolute Gasteiger partial charge is 0.139 e. The summed E-state index contributed by atoms with van der Waals surface area (Å²) in [6.07, 6.45) is 0. The Hall–Kier alpha value is -5.64. The molecule has 2 aliphatic carbocycles. The number of hydrogen-bond donors (Lipinski definition) is 0. The Kier molecular flexibility index (Phi) is 7.40. The zero-order valence-electron chi connectivity index (χ0n) is 35.9. The summed E-state index contributed by atoms with van der Waals surface area (Å²) in [7, 11) is 0. The molecule has 292 valence electrons. The zero-order valence-corrected chi connectivity index (χ0v) is 36.7. The van der Waals surface area contributed by atoms with Gasteiger partial charge in [0.05, 0.1) is 5.69 Å². The SMILES string of the molecule is CC(C)(C)c1cc(C(C)(C)C)c2oc3ccc4c(c3c2c1)C(C)(C)c1cccc(N(c2ccc3c(c2)C(C)(C)c2ccccc2-3)c2ccc3c(c2)sc2ccccc23)c1-4. The van der Waals surface area contributed by atoms with Crippen LogP contribution in [0.15, 0.2) is 132 Å². The second kappa shape index (κ2) is 12.0. The number of furan rings is 1. The van der Waals surface area contributed by atoms with Crippen molar-refractivity contribution in [1.82, 2.24) is 0 Å². The van der Waals surface area contributed by atoms with Gasteiger partial charge in [0.15, 0.2) is 0 Å². The lowest BCUT2D eigenvalue weighted by Gasteiger charge is -2.30. The predicted molar refractivity (Wildman–Crippen MR) is 254 cm³/mol. The average Bonchev–Trinajstić information content (AvgIpc) is 3.89. The van der Waals surface area contributed by atoms with Gasteiger partial charge in [0.2, 0.25) is 0 Å². The van der Waals surface area contributed by atoms with Crippen LogP contribution < -0.4 is 4.90 Å². The molecule has 9 aromatic rings. The molecule has 0 spiro atoms. The molecule has 2 aliphatic rings. The summed E-state index contributed by atoms with van der Waals surface area (Å²) in [6, 6.07) is 48.4. The molecule has 0 fully saturated rings. The summed E-state index contributed by atoms with van der Waals surface area (Å²) < 4.78 is 9.57. The van der Waals surface area contributed by atoms with Gasteiger partial charge in [0.1, 0.15) is 11.2 Å². The Morgan fingerprint density at radius 2 is 1.20 bits per heavy atom. The van der Waals surface area contributed by atoms with E-state index in [1.807, 2.05) is 11.3 Å². The van der Waals surface area contributed by atoms with E-state index >= 15 is 0 Å². The van der Waals surface area contributed by atoms with Crippen molar-refractivity contribution in [2.75, 3.05) is 4.90 Å². The Morgan fingerprint density at radius 1 is 0.525 bits per heavy atom. The molecular formula is C56H51NOS. The van der Waals surface area contributed by atoms with E-state index in [4.69, 9.17) is 4.42 Å². The van der Waals surface area contributed by atoms with Gasteiger partial charge in [-0.15, -0.1) is 11.3 Å². The van der Waals surface area contributed by atoms with Gasteiger partial charge in [-0.1, -0.05) is 148 Å². The van der Waals surface area contributed by atoms with Crippen molar-refractivity contribution in [3.05, 3.63) is 161 Å². The number of benzene rings is 7. The Bertz CT molecular complexity index is 3240. The highest BCUT2D eigenvalue weighted by atomic mass is 32.1. The maximum absolute atomic E-state index is 6.96. The number of nitrogens with zero attached hydrogens (tertiary/aromatic N) is 1. The second-order valence-electron chi connectivity index (χ2n) is 20.2. The third-order valence-corrected chi connectivity index (χ3v) is 14.8. The molecule has 0 saturated carbocycles. The lowest BCUT2D eigenvalue weighted by molar-refractivity contribution is 0.559. The first-order chi connectivity index (χ1) is 28.0.